The molecule has 0 saturated carbocycles. The second-order valence-electron chi connectivity index (χ2n) is 5.06. The highest BCUT2D eigenvalue weighted by Crippen LogP contribution is 2.18. The van der Waals surface area contributed by atoms with Crippen LogP contribution in [0.3, 0.4) is 0 Å². The molecule has 2 aromatic carbocycles. The number of hydrogen-bond donors (Lipinski definition) is 0. The van der Waals surface area contributed by atoms with Crippen LogP contribution >= 0.6 is 0 Å². The predicted molar refractivity (Wildman–Crippen MR) is 81.1 cm³/mol. The Labute approximate surface area is 118 Å². The lowest BCUT2D eigenvalue weighted by Crippen LogP contribution is -2.04. The molecule has 0 aliphatic rings. The fraction of sp³-hybridized carbons (Fsp3) is 0.111. The molecule has 0 aliphatic carbocycles. The first kappa shape index (κ1) is 12.5. The second-order valence-corrected chi connectivity index (χ2v) is 5.06. The fourth-order valence-electron chi connectivity index (χ4n) is 2.42. The molecule has 0 bridgehead atoms. The highest BCUT2D eigenvalue weighted by molar-refractivity contribution is 6.11. The van der Waals surface area contributed by atoms with Crippen LogP contribution in [0.1, 0.15) is 27.0 Å². The lowest BCUT2D eigenvalue weighted by atomic mass is 9.98. The molecule has 98 valence electrons. The van der Waals surface area contributed by atoms with Crippen molar-refractivity contribution in [2.75, 3.05) is 0 Å². The number of carbonyl (C=O) groups excluding carboxylic acids is 1. The minimum Gasteiger partial charge on any atom is -0.289 e. The maximum Gasteiger partial charge on any atom is 0.194 e. The maximum atomic E-state index is 12.6. The number of pyridine rings is 1. The molecule has 3 aromatic rings. The van der Waals surface area contributed by atoms with E-state index in [1.807, 2.05) is 62.4 Å². The van der Waals surface area contributed by atoms with Gasteiger partial charge < -0.3 is 0 Å². The van der Waals surface area contributed by atoms with Crippen LogP contribution in [-0.4, -0.2) is 10.8 Å². The summed E-state index contributed by atoms with van der Waals surface area (Å²) >= 11 is 0. The smallest absolute Gasteiger partial charge is 0.194 e. The summed E-state index contributed by atoms with van der Waals surface area (Å²) in [6.45, 7) is 3.99. The fourth-order valence-corrected chi connectivity index (χ4v) is 2.42. The number of rotatable bonds is 2. The average Bonchev–Trinajstić information content (AvgIpc) is 2.46. The van der Waals surface area contributed by atoms with Gasteiger partial charge in [0, 0.05) is 22.7 Å². The zero-order valence-electron chi connectivity index (χ0n) is 11.6. The Morgan fingerprint density at radius 2 is 1.80 bits per heavy atom. The first-order chi connectivity index (χ1) is 9.65. The summed E-state index contributed by atoms with van der Waals surface area (Å²) in [5.41, 5.74) is 4.45. The summed E-state index contributed by atoms with van der Waals surface area (Å²) in [6, 6.07) is 15.6. The third kappa shape index (κ3) is 2.21. The molecule has 0 atom stereocenters. The number of fused-ring (bicyclic) bond motifs is 1. The van der Waals surface area contributed by atoms with E-state index in [1.165, 1.54) is 0 Å². The van der Waals surface area contributed by atoms with Gasteiger partial charge in [-0.2, -0.15) is 0 Å². The van der Waals surface area contributed by atoms with Crippen LogP contribution in [0.25, 0.3) is 10.9 Å². The van der Waals surface area contributed by atoms with E-state index in [0.717, 1.165) is 27.6 Å². The molecular formula is C18H15NO. The standard InChI is InChI=1S/C18H15NO/c1-12-7-8-16(13(2)9-12)18(20)15-10-14-5-3-4-6-17(14)19-11-15/h3-11H,1-2H3. The van der Waals surface area contributed by atoms with Crippen LogP contribution < -0.4 is 0 Å². The SMILES string of the molecule is Cc1ccc(C(=O)c2cnc3ccccc3c2)c(C)c1. The lowest BCUT2D eigenvalue weighted by molar-refractivity contribution is 0.103. The number of carbonyl (C=O) groups is 1. The Balaban J connectivity index is 2.08. The molecule has 1 heterocycles. The van der Waals surface area contributed by atoms with Crippen LogP contribution in [0.4, 0.5) is 0 Å². The molecule has 0 saturated heterocycles. The number of aromatic nitrogens is 1. The van der Waals surface area contributed by atoms with E-state index in [2.05, 4.69) is 4.98 Å². The van der Waals surface area contributed by atoms with E-state index in [9.17, 15) is 4.79 Å². The van der Waals surface area contributed by atoms with Gasteiger partial charge in [-0.15, -0.1) is 0 Å². The third-order valence-corrected chi connectivity index (χ3v) is 3.48. The normalized spacial score (nSPS) is 10.7. The van der Waals surface area contributed by atoms with Gasteiger partial charge in [0.25, 0.3) is 0 Å². The number of nitrogens with zero attached hydrogens (tertiary/aromatic N) is 1. The van der Waals surface area contributed by atoms with Crippen LogP contribution in [0.5, 0.6) is 0 Å². The summed E-state index contributed by atoms with van der Waals surface area (Å²) in [4.78, 5) is 16.9. The summed E-state index contributed by atoms with van der Waals surface area (Å²) in [7, 11) is 0. The van der Waals surface area contributed by atoms with E-state index in [1.54, 1.807) is 6.20 Å². The Kier molecular flexibility index (Phi) is 3.07. The predicted octanol–water partition coefficient (Wildman–Crippen LogP) is 4.08. The van der Waals surface area contributed by atoms with Crippen LogP contribution in [-0.2, 0) is 0 Å². The maximum absolute atomic E-state index is 12.6. The van der Waals surface area contributed by atoms with E-state index in [-0.39, 0.29) is 5.78 Å². The molecule has 0 fully saturated rings. The van der Waals surface area contributed by atoms with Crippen molar-refractivity contribution < 1.29 is 4.79 Å². The van der Waals surface area contributed by atoms with Crippen LogP contribution in [0.15, 0.2) is 54.7 Å². The molecule has 0 unspecified atom stereocenters. The summed E-state index contributed by atoms with van der Waals surface area (Å²) < 4.78 is 0. The van der Waals surface area contributed by atoms with Gasteiger partial charge in [0.15, 0.2) is 5.78 Å². The van der Waals surface area contributed by atoms with Crippen LogP contribution in [0, 0.1) is 13.8 Å². The van der Waals surface area contributed by atoms with Crippen molar-refractivity contribution in [3.63, 3.8) is 0 Å². The summed E-state index contributed by atoms with van der Waals surface area (Å²) in [5, 5.41) is 0.989. The molecule has 0 amide bonds. The summed E-state index contributed by atoms with van der Waals surface area (Å²) in [6.07, 6.45) is 1.66. The van der Waals surface area contributed by atoms with Gasteiger partial charge in [-0.05, 0) is 31.5 Å². The number of benzene rings is 2. The zero-order chi connectivity index (χ0) is 14.1. The van der Waals surface area contributed by atoms with Gasteiger partial charge in [-0.3, -0.25) is 9.78 Å². The topological polar surface area (TPSA) is 30.0 Å². The quantitative estimate of drug-likeness (QED) is 0.650. The van der Waals surface area contributed by atoms with Crippen molar-refractivity contribution >= 4 is 16.7 Å². The molecule has 0 N–H and O–H groups in total. The number of aryl methyl sites for hydroxylation is 2. The first-order valence-corrected chi connectivity index (χ1v) is 6.62. The Morgan fingerprint density at radius 3 is 2.60 bits per heavy atom. The third-order valence-electron chi connectivity index (χ3n) is 3.48. The van der Waals surface area contributed by atoms with E-state index in [0.29, 0.717) is 5.56 Å². The molecule has 0 spiro atoms. The molecule has 0 aliphatic heterocycles. The van der Waals surface area contributed by atoms with Gasteiger partial charge in [0.1, 0.15) is 0 Å². The molecule has 3 rings (SSSR count). The van der Waals surface area contributed by atoms with E-state index in [4.69, 9.17) is 0 Å². The van der Waals surface area contributed by atoms with Crippen LogP contribution in [0.2, 0.25) is 0 Å². The molecule has 20 heavy (non-hydrogen) atoms. The zero-order valence-corrected chi connectivity index (χ0v) is 11.6. The molecule has 0 radical (unpaired) electrons. The number of para-hydroxylation sites is 1. The van der Waals surface area contributed by atoms with Crippen molar-refractivity contribution in [3.05, 3.63) is 77.0 Å². The highest BCUT2D eigenvalue weighted by Gasteiger charge is 2.12. The van der Waals surface area contributed by atoms with Gasteiger partial charge in [-0.25, -0.2) is 0 Å². The number of hydrogen-bond acceptors (Lipinski definition) is 2. The van der Waals surface area contributed by atoms with Gasteiger partial charge in [-0.1, -0.05) is 42.0 Å². The minimum absolute atomic E-state index is 0.0285. The summed E-state index contributed by atoms with van der Waals surface area (Å²) in [5.74, 6) is 0.0285. The Morgan fingerprint density at radius 1 is 1.00 bits per heavy atom. The van der Waals surface area contributed by atoms with E-state index < -0.39 is 0 Å². The van der Waals surface area contributed by atoms with Crippen molar-refractivity contribution in [1.82, 2.24) is 4.98 Å². The molecular weight excluding hydrogens is 246 g/mol. The minimum atomic E-state index is 0.0285. The van der Waals surface area contributed by atoms with Crippen molar-refractivity contribution in [3.8, 4) is 0 Å². The van der Waals surface area contributed by atoms with Gasteiger partial charge in [0.05, 0.1) is 5.52 Å². The molecule has 2 nitrogen and oxygen atoms in total. The molecule has 2 heteroatoms. The van der Waals surface area contributed by atoms with Gasteiger partial charge >= 0.3 is 0 Å². The second kappa shape index (κ2) is 4.89. The molecule has 1 aromatic heterocycles. The van der Waals surface area contributed by atoms with Crippen molar-refractivity contribution in [2.24, 2.45) is 0 Å². The Bertz CT molecular complexity index is 805. The van der Waals surface area contributed by atoms with Crippen molar-refractivity contribution in [1.29, 1.82) is 0 Å². The number of ketones is 1. The largest absolute Gasteiger partial charge is 0.289 e. The monoisotopic (exact) mass is 261 g/mol. The average molecular weight is 261 g/mol. The van der Waals surface area contributed by atoms with Crippen molar-refractivity contribution in [2.45, 2.75) is 13.8 Å². The van der Waals surface area contributed by atoms with E-state index >= 15 is 0 Å². The van der Waals surface area contributed by atoms with Gasteiger partial charge in [0.2, 0.25) is 0 Å². The highest BCUT2D eigenvalue weighted by atomic mass is 16.1. The lowest BCUT2D eigenvalue weighted by Gasteiger charge is -2.07. The Hall–Kier alpha value is -2.48. The first-order valence-electron chi connectivity index (χ1n) is 6.62.